The van der Waals surface area contributed by atoms with Crippen molar-refractivity contribution in [1.29, 1.82) is 0 Å². The van der Waals surface area contributed by atoms with E-state index in [0.717, 1.165) is 0 Å². The van der Waals surface area contributed by atoms with Gasteiger partial charge in [-0.05, 0) is 18.8 Å². The number of alkyl halides is 1. The molecule has 3 rings (SSSR count). The van der Waals surface area contributed by atoms with Crippen molar-refractivity contribution in [1.82, 2.24) is 9.97 Å². The zero-order valence-corrected chi connectivity index (χ0v) is 12.4. The molecule has 2 fully saturated rings. The maximum atomic E-state index is 13.6. The first-order valence-corrected chi connectivity index (χ1v) is 7.78. The van der Waals surface area contributed by atoms with Gasteiger partial charge in [-0.3, -0.25) is 9.78 Å². The van der Waals surface area contributed by atoms with Crippen LogP contribution in [0.15, 0.2) is 12.4 Å². The highest BCUT2D eigenvalue weighted by Crippen LogP contribution is 2.28. The number of halogens is 1. The molecule has 1 amide bonds. The van der Waals surface area contributed by atoms with Crippen molar-refractivity contribution in [3.8, 4) is 5.88 Å². The molecule has 0 aromatic carbocycles. The van der Waals surface area contributed by atoms with Gasteiger partial charge in [-0.1, -0.05) is 12.8 Å². The minimum atomic E-state index is -1.08. The number of rotatable bonds is 5. The van der Waals surface area contributed by atoms with Gasteiger partial charge in [0.05, 0.1) is 25.5 Å². The lowest BCUT2D eigenvalue weighted by Gasteiger charge is -2.22. The summed E-state index contributed by atoms with van der Waals surface area (Å²) in [4.78, 5) is 21.5. The molecule has 1 aliphatic heterocycles. The Balaban J connectivity index is 1.68. The summed E-state index contributed by atoms with van der Waals surface area (Å²) in [6.07, 6.45) is 6.96. The normalized spacial score (nSPS) is 25.6. The molecule has 0 bridgehead atoms. The molecule has 22 heavy (non-hydrogen) atoms. The quantitative estimate of drug-likeness (QED) is 0.890. The highest BCUT2D eigenvalue weighted by molar-refractivity contribution is 5.84. The summed E-state index contributed by atoms with van der Waals surface area (Å²) >= 11 is 0. The van der Waals surface area contributed by atoms with Crippen LogP contribution < -0.4 is 15.4 Å². The highest BCUT2D eigenvalue weighted by Gasteiger charge is 2.36. The number of hydrogen-bond acceptors (Lipinski definition) is 5. The lowest BCUT2D eigenvalue weighted by atomic mass is 10.1. The predicted molar refractivity (Wildman–Crippen MR) is 79.3 cm³/mol. The number of carbonyl (C=O) groups excluding carboxylic acids is 1. The molecule has 2 atom stereocenters. The molecule has 0 radical (unpaired) electrons. The largest absolute Gasteiger partial charge is 0.476 e. The molecule has 2 aliphatic rings. The van der Waals surface area contributed by atoms with Gasteiger partial charge in [-0.15, -0.1) is 0 Å². The van der Waals surface area contributed by atoms with Gasteiger partial charge in [0.2, 0.25) is 11.8 Å². The number of aromatic nitrogens is 2. The molecule has 1 saturated heterocycles. The van der Waals surface area contributed by atoms with E-state index >= 15 is 0 Å². The van der Waals surface area contributed by atoms with E-state index in [2.05, 4.69) is 9.97 Å². The fourth-order valence-electron chi connectivity index (χ4n) is 3.23. The van der Waals surface area contributed by atoms with Gasteiger partial charge in [0.15, 0.2) is 5.82 Å². The van der Waals surface area contributed by atoms with Gasteiger partial charge >= 0.3 is 0 Å². The minimum Gasteiger partial charge on any atom is -0.476 e. The molecule has 0 spiro atoms. The third-order valence-corrected chi connectivity index (χ3v) is 4.41. The SMILES string of the molecule is NC(=O)[C@@H]1C[C@@H](F)CN1c1cncc(OCC2CCCC2)n1. The number of hydrogen-bond donors (Lipinski definition) is 1. The molecule has 0 unspecified atom stereocenters. The molecular formula is C15H21FN4O2. The summed E-state index contributed by atoms with van der Waals surface area (Å²) in [5.41, 5.74) is 5.34. The van der Waals surface area contributed by atoms with Crippen LogP contribution in [-0.4, -0.2) is 41.2 Å². The van der Waals surface area contributed by atoms with Gasteiger partial charge in [-0.2, -0.15) is 4.98 Å². The first-order valence-electron chi connectivity index (χ1n) is 7.78. The second-order valence-electron chi connectivity index (χ2n) is 6.08. The van der Waals surface area contributed by atoms with Crippen molar-refractivity contribution in [2.75, 3.05) is 18.1 Å². The number of carbonyl (C=O) groups is 1. The Labute approximate surface area is 128 Å². The van der Waals surface area contributed by atoms with Crippen molar-refractivity contribution in [3.05, 3.63) is 12.4 Å². The number of nitrogens with zero attached hydrogens (tertiary/aromatic N) is 3. The van der Waals surface area contributed by atoms with Gasteiger partial charge in [0, 0.05) is 6.42 Å². The predicted octanol–water partition coefficient (Wildman–Crippen LogP) is 1.45. The number of ether oxygens (including phenoxy) is 1. The summed E-state index contributed by atoms with van der Waals surface area (Å²) in [7, 11) is 0. The smallest absolute Gasteiger partial charge is 0.240 e. The van der Waals surface area contributed by atoms with Crippen LogP contribution in [0.25, 0.3) is 0 Å². The fourth-order valence-corrected chi connectivity index (χ4v) is 3.23. The topological polar surface area (TPSA) is 81.3 Å². The molecule has 1 aliphatic carbocycles. The summed E-state index contributed by atoms with van der Waals surface area (Å²) in [5.74, 6) is 0.882. The van der Waals surface area contributed by atoms with Gasteiger partial charge in [0.25, 0.3) is 0 Å². The van der Waals surface area contributed by atoms with E-state index in [1.165, 1.54) is 31.9 Å². The van der Waals surface area contributed by atoms with E-state index in [0.29, 0.717) is 24.2 Å². The van der Waals surface area contributed by atoms with Crippen molar-refractivity contribution in [2.45, 2.75) is 44.3 Å². The van der Waals surface area contributed by atoms with E-state index in [1.54, 1.807) is 11.1 Å². The second kappa shape index (κ2) is 6.46. The number of anilines is 1. The molecule has 1 aromatic rings. The molecule has 1 saturated carbocycles. The Morgan fingerprint density at radius 1 is 1.41 bits per heavy atom. The molecule has 120 valence electrons. The maximum absolute atomic E-state index is 13.6. The van der Waals surface area contributed by atoms with Crippen LogP contribution in [0.2, 0.25) is 0 Å². The summed E-state index contributed by atoms with van der Waals surface area (Å²) < 4.78 is 19.3. The van der Waals surface area contributed by atoms with Crippen LogP contribution in [-0.2, 0) is 4.79 Å². The molecule has 1 aromatic heterocycles. The van der Waals surface area contributed by atoms with E-state index in [1.807, 2.05) is 0 Å². The molecule has 2 N–H and O–H groups in total. The van der Waals surface area contributed by atoms with Crippen molar-refractivity contribution < 1.29 is 13.9 Å². The average molecular weight is 308 g/mol. The van der Waals surface area contributed by atoms with E-state index < -0.39 is 18.1 Å². The molecule has 6 nitrogen and oxygen atoms in total. The monoisotopic (exact) mass is 308 g/mol. The highest BCUT2D eigenvalue weighted by atomic mass is 19.1. The van der Waals surface area contributed by atoms with Crippen molar-refractivity contribution in [3.63, 3.8) is 0 Å². The lowest BCUT2D eigenvalue weighted by Crippen LogP contribution is -2.40. The Hall–Kier alpha value is -1.92. The molecular weight excluding hydrogens is 287 g/mol. The zero-order valence-electron chi connectivity index (χ0n) is 12.4. The fraction of sp³-hybridized carbons (Fsp3) is 0.667. The van der Waals surface area contributed by atoms with E-state index in [4.69, 9.17) is 10.5 Å². The standard InChI is InChI=1S/C15H21FN4O2/c16-11-5-12(15(17)21)20(8-11)13-6-18-7-14(19-13)22-9-10-3-1-2-4-10/h6-7,10-12H,1-5,8-9H2,(H2,17,21)/t11-,12+/m1/s1. The Kier molecular flexibility index (Phi) is 4.40. The lowest BCUT2D eigenvalue weighted by molar-refractivity contribution is -0.119. The third-order valence-electron chi connectivity index (χ3n) is 4.41. The van der Waals surface area contributed by atoms with Crippen LogP contribution in [0.1, 0.15) is 32.1 Å². The van der Waals surface area contributed by atoms with Crippen molar-refractivity contribution in [2.24, 2.45) is 11.7 Å². The van der Waals surface area contributed by atoms with Gasteiger partial charge in [0.1, 0.15) is 12.2 Å². The summed E-state index contributed by atoms with van der Waals surface area (Å²) in [6, 6.07) is -0.672. The Morgan fingerprint density at radius 2 is 2.18 bits per heavy atom. The summed E-state index contributed by atoms with van der Waals surface area (Å²) in [6.45, 7) is 0.734. The van der Waals surface area contributed by atoms with Gasteiger partial charge < -0.3 is 15.4 Å². The van der Waals surface area contributed by atoms with Crippen LogP contribution in [0.3, 0.4) is 0 Å². The summed E-state index contributed by atoms with van der Waals surface area (Å²) in [5, 5.41) is 0. The second-order valence-corrected chi connectivity index (χ2v) is 6.08. The minimum absolute atomic E-state index is 0.101. The maximum Gasteiger partial charge on any atom is 0.240 e. The number of nitrogens with two attached hydrogens (primary N) is 1. The first kappa shape index (κ1) is 15.0. The number of primary amides is 1. The van der Waals surface area contributed by atoms with E-state index in [-0.39, 0.29) is 13.0 Å². The van der Waals surface area contributed by atoms with Crippen LogP contribution >= 0.6 is 0 Å². The average Bonchev–Trinajstić information content (AvgIpc) is 3.14. The van der Waals surface area contributed by atoms with Crippen LogP contribution in [0.5, 0.6) is 5.88 Å². The van der Waals surface area contributed by atoms with E-state index in [9.17, 15) is 9.18 Å². The Bertz CT molecular complexity index is 536. The number of amides is 1. The first-order chi connectivity index (χ1) is 10.6. The zero-order chi connectivity index (χ0) is 15.5. The van der Waals surface area contributed by atoms with Crippen LogP contribution in [0, 0.1) is 5.92 Å². The molecule has 2 heterocycles. The van der Waals surface area contributed by atoms with Gasteiger partial charge in [-0.25, -0.2) is 4.39 Å². The third kappa shape index (κ3) is 3.28. The van der Waals surface area contributed by atoms with Crippen LogP contribution in [0.4, 0.5) is 10.2 Å². The molecule has 7 heteroatoms. The van der Waals surface area contributed by atoms with Crippen molar-refractivity contribution >= 4 is 11.7 Å². The Morgan fingerprint density at radius 3 is 2.91 bits per heavy atom.